The number of aliphatic hydroxyl groups excluding tert-OH is 1. The van der Waals surface area contributed by atoms with Crippen molar-refractivity contribution < 1.29 is 34.0 Å². The summed E-state index contributed by atoms with van der Waals surface area (Å²) in [6.45, 7) is 8.19. The molecule has 7 nitrogen and oxygen atoms in total. The zero-order valence-corrected chi connectivity index (χ0v) is 19.3. The molecule has 0 aromatic carbocycles. The molecule has 0 aromatic heterocycles. The van der Waals surface area contributed by atoms with Gasteiger partial charge in [-0.25, -0.2) is 0 Å². The van der Waals surface area contributed by atoms with E-state index in [9.17, 15) is 15.0 Å². The van der Waals surface area contributed by atoms with Gasteiger partial charge in [-0.15, -0.1) is 0 Å². The molecule has 0 unspecified atom stereocenters. The van der Waals surface area contributed by atoms with E-state index >= 15 is 0 Å². The molecule has 7 heteroatoms. The van der Waals surface area contributed by atoms with Gasteiger partial charge >= 0.3 is 5.97 Å². The van der Waals surface area contributed by atoms with E-state index in [0.29, 0.717) is 6.79 Å². The highest BCUT2D eigenvalue weighted by atomic mass is 16.7. The number of hydrogen-bond donors (Lipinski definition) is 2. The number of carboxylic acid groups (broad SMARTS) is 1. The minimum atomic E-state index is -0.830. The van der Waals surface area contributed by atoms with Crippen LogP contribution < -0.4 is 0 Å². The monoisotopic (exact) mass is 430 g/mol. The van der Waals surface area contributed by atoms with Crippen molar-refractivity contribution in [2.75, 3.05) is 13.9 Å². The van der Waals surface area contributed by atoms with Crippen molar-refractivity contribution >= 4 is 5.97 Å². The lowest BCUT2D eigenvalue weighted by molar-refractivity contribution is -0.147. The molecular weight excluding hydrogens is 388 g/mol. The summed E-state index contributed by atoms with van der Waals surface area (Å²) in [5.41, 5.74) is 0. The van der Waals surface area contributed by atoms with Crippen molar-refractivity contribution in [2.45, 2.75) is 109 Å². The van der Waals surface area contributed by atoms with E-state index in [4.69, 9.17) is 18.9 Å². The van der Waals surface area contributed by atoms with Gasteiger partial charge < -0.3 is 29.2 Å². The summed E-state index contributed by atoms with van der Waals surface area (Å²) in [7, 11) is 1.63. The van der Waals surface area contributed by atoms with Crippen molar-refractivity contribution in [1.82, 2.24) is 0 Å². The Morgan fingerprint density at radius 1 is 1.03 bits per heavy atom. The Morgan fingerprint density at radius 2 is 1.63 bits per heavy atom. The molecule has 176 valence electrons. The molecule has 2 N–H and O–H groups in total. The van der Waals surface area contributed by atoms with Gasteiger partial charge in [0.2, 0.25) is 0 Å². The smallest absolute Gasteiger partial charge is 0.308 e. The van der Waals surface area contributed by atoms with Gasteiger partial charge in [-0.1, -0.05) is 27.2 Å². The third-order valence-electron chi connectivity index (χ3n) is 6.98. The maximum absolute atomic E-state index is 11.2. The maximum Gasteiger partial charge on any atom is 0.308 e. The molecule has 0 bridgehead atoms. The van der Waals surface area contributed by atoms with Gasteiger partial charge in [0.25, 0.3) is 0 Å². The Labute approximate surface area is 181 Å². The van der Waals surface area contributed by atoms with Gasteiger partial charge in [-0.3, -0.25) is 4.79 Å². The molecule has 2 rings (SSSR count). The summed E-state index contributed by atoms with van der Waals surface area (Å²) < 4.78 is 23.1. The lowest BCUT2D eigenvalue weighted by atomic mass is 9.84. The first-order valence-corrected chi connectivity index (χ1v) is 11.6. The summed E-state index contributed by atoms with van der Waals surface area (Å²) >= 11 is 0. The number of methoxy groups -OCH3 is 1. The summed E-state index contributed by atoms with van der Waals surface area (Å²) in [6, 6.07) is 0. The Bertz CT molecular complexity index is 514. The molecule has 0 spiro atoms. The topological polar surface area (TPSA) is 94.5 Å². The minimum Gasteiger partial charge on any atom is -0.481 e. The van der Waals surface area contributed by atoms with Crippen molar-refractivity contribution in [1.29, 1.82) is 0 Å². The van der Waals surface area contributed by atoms with Crippen LogP contribution in [0.5, 0.6) is 0 Å². The Hall–Kier alpha value is -0.730. The number of carboxylic acids is 1. The van der Waals surface area contributed by atoms with Crippen LogP contribution in [0, 0.1) is 17.8 Å². The SMILES string of the molecule is CCC[C@@H](C[C@@H]1CC[C@H]([C@@H](C)[C@H](O)[C@H](C)[C@@H]2CC[C@H]([C@@H](C)C(=O)O)O2)O1)OCOC. The highest BCUT2D eigenvalue weighted by Gasteiger charge is 2.41. The summed E-state index contributed by atoms with van der Waals surface area (Å²) in [6.07, 6.45) is 5.70. The van der Waals surface area contributed by atoms with Gasteiger partial charge in [-0.05, 0) is 45.4 Å². The second-order valence-corrected chi connectivity index (χ2v) is 9.22. The fourth-order valence-corrected chi connectivity index (χ4v) is 4.86. The second kappa shape index (κ2) is 12.3. The van der Waals surface area contributed by atoms with Crippen LogP contribution in [0.25, 0.3) is 0 Å². The molecule has 2 heterocycles. The molecule has 30 heavy (non-hydrogen) atoms. The number of aliphatic carboxylic acids is 1. The number of rotatable bonds is 13. The molecule has 0 amide bonds. The van der Waals surface area contributed by atoms with Gasteiger partial charge in [-0.2, -0.15) is 0 Å². The largest absolute Gasteiger partial charge is 0.481 e. The molecular formula is C23H42O7. The highest BCUT2D eigenvalue weighted by molar-refractivity contribution is 5.70. The fourth-order valence-electron chi connectivity index (χ4n) is 4.86. The molecule has 0 radical (unpaired) electrons. The van der Waals surface area contributed by atoms with Crippen LogP contribution in [0.3, 0.4) is 0 Å². The van der Waals surface area contributed by atoms with E-state index in [1.165, 1.54) is 0 Å². The Kier molecular flexibility index (Phi) is 10.5. The van der Waals surface area contributed by atoms with Crippen molar-refractivity contribution in [3.63, 3.8) is 0 Å². The van der Waals surface area contributed by atoms with Crippen LogP contribution in [0.4, 0.5) is 0 Å². The second-order valence-electron chi connectivity index (χ2n) is 9.22. The van der Waals surface area contributed by atoms with E-state index in [0.717, 1.165) is 44.9 Å². The maximum atomic E-state index is 11.2. The predicted octanol–water partition coefficient (Wildman–Crippen LogP) is 3.61. The molecule has 2 aliphatic heterocycles. The van der Waals surface area contributed by atoms with Crippen molar-refractivity contribution in [2.24, 2.45) is 17.8 Å². The zero-order chi connectivity index (χ0) is 22.3. The molecule has 0 aliphatic carbocycles. The van der Waals surface area contributed by atoms with Crippen LogP contribution in [-0.4, -0.2) is 66.7 Å². The van der Waals surface area contributed by atoms with E-state index in [-0.39, 0.29) is 42.4 Å². The molecule has 2 saturated heterocycles. The van der Waals surface area contributed by atoms with E-state index in [1.807, 2.05) is 13.8 Å². The summed E-state index contributed by atoms with van der Waals surface area (Å²) in [4.78, 5) is 11.2. The van der Waals surface area contributed by atoms with Crippen LogP contribution >= 0.6 is 0 Å². The highest BCUT2D eigenvalue weighted by Crippen LogP contribution is 2.36. The van der Waals surface area contributed by atoms with Crippen LogP contribution in [0.1, 0.15) is 72.6 Å². The standard InChI is InChI=1S/C23H42O7/c1-6-7-17(28-13-27-5)12-18-8-9-19(29-18)14(2)22(24)15(3)20-10-11-21(30-20)16(4)23(25)26/h14-22,24H,6-13H2,1-5H3,(H,25,26)/t14-,15-,16-,17+,18+,19-,20+,21-,22+/m1/s1. The first kappa shape index (κ1) is 25.5. The summed E-state index contributed by atoms with van der Waals surface area (Å²) in [5.74, 6) is -1.42. The summed E-state index contributed by atoms with van der Waals surface area (Å²) in [5, 5.41) is 20.2. The van der Waals surface area contributed by atoms with E-state index in [1.54, 1.807) is 14.0 Å². The molecule has 2 aliphatic rings. The average Bonchev–Trinajstić information content (AvgIpc) is 3.39. The number of aliphatic hydroxyl groups is 1. The van der Waals surface area contributed by atoms with Crippen LogP contribution in [-0.2, 0) is 23.7 Å². The Morgan fingerprint density at radius 3 is 2.23 bits per heavy atom. The number of ether oxygens (including phenoxy) is 4. The van der Waals surface area contributed by atoms with Crippen LogP contribution in [0.2, 0.25) is 0 Å². The zero-order valence-electron chi connectivity index (χ0n) is 19.3. The first-order valence-electron chi connectivity index (χ1n) is 11.6. The lowest BCUT2D eigenvalue weighted by Gasteiger charge is -2.32. The van der Waals surface area contributed by atoms with Gasteiger partial charge in [0, 0.05) is 18.9 Å². The lowest BCUT2D eigenvalue weighted by Crippen LogP contribution is -2.39. The number of carbonyl (C=O) groups is 1. The fraction of sp³-hybridized carbons (Fsp3) is 0.957. The van der Waals surface area contributed by atoms with Gasteiger partial charge in [0.15, 0.2) is 0 Å². The predicted molar refractivity (Wildman–Crippen MR) is 113 cm³/mol. The molecule has 0 saturated carbocycles. The first-order chi connectivity index (χ1) is 14.3. The van der Waals surface area contributed by atoms with Gasteiger partial charge in [0.05, 0.1) is 42.5 Å². The third-order valence-corrected chi connectivity index (χ3v) is 6.98. The van der Waals surface area contributed by atoms with Crippen molar-refractivity contribution in [3.8, 4) is 0 Å². The quantitative estimate of drug-likeness (QED) is 0.431. The normalized spacial score (nSPS) is 31.9. The minimum absolute atomic E-state index is 0.00549. The van der Waals surface area contributed by atoms with E-state index < -0.39 is 18.0 Å². The van der Waals surface area contributed by atoms with E-state index in [2.05, 4.69) is 6.92 Å². The Balaban J connectivity index is 1.83. The molecule has 2 fully saturated rings. The van der Waals surface area contributed by atoms with Crippen LogP contribution in [0.15, 0.2) is 0 Å². The van der Waals surface area contributed by atoms with Gasteiger partial charge in [0.1, 0.15) is 6.79 Å². The molecule has 0 aromatic rings. The third kappa shape index (κ3) is 6.89. The number of hydrogen-bond acceptors (Lipinski definition) is 6. The molecule has 9 atom stereocenters. The average molecular weight is 431 g/mol. The van der Waals surface area contributed by atoms with Crippen molar-refractivity contribution in [3.05, 3.63) is 0 Å².